The monoisotopic (exact) mass is 322 g/mol. The van der Waals surface area contributed by atoms with Crippen molar-refractivity contribution in [2.24, 2.45) is 0 Å². The summed E-state index contributed by atoms with van der Waals surface area (Å²) in [4.78, 5) is 0.732. The molecular weight excluding hydrogens is 309 g/mol. The van der Waals surface area contributed by atoms with Crippen molar-refractivity contribution in [1.29, 1.82) is 0 Å². The molecule has 1 aliphatic rings. The van der Waals surface area contributed by atoms with Crippen molar-refractivity contribution in [3.8, 4) is 5.75 Å². The van der Waals surface area contributed by atoms with Crippen LogP contribution in [0.1, 0.15) is 25.8 Å². The number of halogens is 4. The molecule has 0 aromatic heterocycles. The number of alkyl halides is 3. The van der Waals surface area contributed by atoms with Crippen LogP contribution in [0.3, 0.4) is 0 Å². The fraction of sp³-hybridized carbons (Fsp3) is 0.429. The van der Waals surface area contributed by atoms with E-state index in [1.165, 1.54) is 24.8 Å². The van der Waals surface area contributed by atoms with E-state index in [2.05, 4.69) is 0 Å². The highest BCUT2D eigenvalue weighted by molar-refractivity contribution is 7.99. The van der Waals surface area contributed by atoms with Gasteiger partial charge in [0, 0.05) is 10.5 Å². The van der Waals surface area contributed by atoms with E-state index in [-0.39, 0.29) is 12.2 Å². The second kappa shape index (κ2) is 5.53. The summed E-state index contributed by atoms with van der Waals surface area (Å²) in [6.07, 6.45) is -2.13. The Balaban J connectivity index is 2.46. The Morgan fingerprint density at radius 2 is 2.00 bits per heavy atom. The van der Waals surface area contributed by atoms with Crippen molar-refractivity contribution in [2.45, 2.75) is 36.9 Å². The number of ether oxygens (including phenoxy) is 1. The normalized spacial score (nSPS) is 21.5. The van der Waals surface area contributed by atoms with Crippen molar-refractivity contribution >= 4 is 29.4 Å². The van der Waals surface area contributed by atoms with Crippen LogP contribution in [0.4, 0.5) is 13.2 Å². The number of rotatable bonds is 3. The molecule has 110 valence electrons. The van der Waals surface area contributed by atoms with Gasteiger partial charge in [-0.05, 0) is 30.4 Å². The smallest absolute Gasteiger partial charge is 0.432 e. The molecule has 0 aliphatic carbocycles. The van der Waals surface area contributed by atoms with Crippen molar-refractivity contribution < 1.29 is 17.9 Å². The Labute approximate surface area is 125 Å². The van der Waals surface area contributed by atoms with Crippen LogP contribution < -0.4 is 4.74 Å². The molecule has 2 rings (SSSR count). The van der Waals surface area contributed by atoms with E-state index in [4.69, 9.17) is 16.3 Å². The van der Waals surface area contributed by atoms with Crippen LogP contribution in [0.15, 0.2) is 23.1 Å². The number of hydrogen-bond acceptors (Lipinski definition) is 2. The molecule has 1 unspecified atom stereocenters. The molecule has 1 aromatic carbocycles. The van der Waals surface area contributed by atoms with Crippen LogP contribution in [0.2, 0.25) is 5.02 Å². The third-order valence-corrected chi connectivity index (χ3v) is 4.56. The van der Waals surface area contributed by atoms with Gasteiger partial charge in [-0.25, -0.2) is 0 Å². The minimum atomic E-state index is -4.45. The van der Waals surface area contributed by atoms with E-state index >= 15 is 0 Å². The first-order valence-corrected chi connectivity index (χ1v) is 7.60. The summed E-state index contributed by atoms with van der Waals surface area (Å²) in [6, 6.07) is 3.23. The van der Waals surface area contributed by atoms with Crippen LogP contribution >= 0.6 is 23.4 Å². The average Bonchev–Trinajstić information content (AvgIpc) is 2.38. The van der Waals surface area contributed by atoms with Gasteiger partial charge in [-0.1, -0.05) is 31.5 Å². The zero-order chi connectivity index (χ0) is 15.0. The number of benzene rings is 1. The highest BCUT2D eigenvalue weighted by atomic mass is 35.5. The Hall–Kier alpha value is -0.810. The van der Waals surface area contributed by atoms with Gasteiger partial charge in [0.1, 0.15) is 5.75 Å². The first-order valence-electron chi connectivity index (χ1n) is 6.24. The van der Waals surface area contributed by atoms with Gasteiger partial charge < -0.3 is 4.74 Å². The minimum absolute atomic E-state index is 0.175. The molecule has 0 spiro atoms. The number of fused-ring (bicyclic) bond motifs is 1. The van der Waals surface area contributed by atoms with E-state index in [9.17, 15) is 13.2 Å². The molecule has 6 heteroatoms. The highest BCUT2D eigenvalue weighted by Gasteiger charge is 2.55. The zero-order valence-electron chi connectivity index (χ0n) is 11.1. The molecule has 0 saturated heterocycles. The third kappa shape index (κ3) is 2.66. The molecule has 20 heavy (non-hydrogen) atoms. The highest BCUT2D eigenvalue weighted by Crippen LogP contribution is 2.45. The molecule has 0 N–H and O–H groups in total. The summed E-state index contributed by atoms with van der Waals surface area (Å²) >= 11 is 7.57. The Morgan fingerprint density at radius 1 is 1.30 bits per heavy atom. The van der Waals surface area contributed by atoms with Gasteiger partial charge in [0.05, 0.1) is 5.02 Å². The van der Waals surface area contributed by atoms with E-state index < -0.39 is 11.8 Å². The van der Waals surface area contributed by atoms with Gasteiger partial charge in [0.25, 0.3) is 0 Å². The standard InChI is InChI=1S/C14H14ClF3OS/c1-3-13(14(16,17)18)6-5-9-7-10(15)12(20-4-2)8-11(9)19-13/h5-8H,3-4H2,1-2H3. The zero-order valence-corrected chi connectivity index (χ0v) is 12.6. The third-order valence-electron chi connectivity index (χ3n) is 3.19. The molecule has 1 heterocycles. The maximum absolute atomic E-state index is 13.2. The second-order valence-corrected chi connectivity index (χ2v) is 6.14. The van der Waals surface area contributed by atoms with Crippen LogP contribution in [0.5, 0.6) is 5.75 Å². The molecule has 0 saturated carbocycles. The van der Waals surface area contributed by atoms with E-state index in [0.717, 1.165) is 16.7 Å². The van der Waals surface area contributed by atoms with Gasteiger partial charge in [-0.15, -0.1) is 11.8 Å². The van der Waals surface area contributed by atoms with Gasteiger partial charge in [0.15, 0.2) is 0 Å². The number of hydrogen-bond donors (Lipinski definition) is 0. The van der Waals surface area contributed by atoms with Crippen molar-refractivity contribution in [1.82, 2.24) is 0 Å². The SMILES string of the molecule is CCSc1cc2c(cc1Cl)C=CC(CC)(C(F)(F)F)O2. The van der Waals surface area contributed by atoms with Crippen LogP contribution in [0, 0.1) is 0 Å². The molecule has 1 nitrogen and oxygen atoms in total. The maximum Gasteiger partial charge on any atom is 0.432 e. The molecule has 0 fully saturated rings. The average molecular weight is 323 g/mol. The van der Waals surface area contributed by atoms with Crippen molar-refractivity contribution in [3.05, 3.63) is 28.8 Å². The quantitative estimate of drug-likeness (QED) is 0.673. The van der Waals surface area contributed by atoms with E-state index in [0.29, 0.717) is 10.6 Å². The maximum atomic E-state index is 13.2. The summed E-state index contributed by atoms with van der Waals surface area (Å²) in [5.41, 5.74) is -1.68. The summed E-state index contributed by atoms with van der Waals surface area (Å²) in [5.74, 6) is 1.01. The largest absolute Gasteiger partial charge is 0.473 e. The summed E-state index contributed by atoms with van der Waals surface area (Å²) in [6.45, 7) is 3.41. The topological polar surface area (TPSA) is 9.23 Å². The first-order chi connectivity index (χ1) is 9.33. The minimum Gasteiger partial charge on any atom is -0.473 e. The molecule has 0 amide bonds. The first kappa shape index (κ1) is 15.6. The fourth-order valence-electron chi connectivity index (χ4n) is 2.03. The van der Waals surface area contributed by atoms with Crippen LogP contribution in [0.25, 0.3) is 6.08 Å². The number of thioether (sulfide) groups is 1. The lowest BCUT2D eigenvalue weighted by atomic mass is 9.95. The summed E-state index contributed by atoms with van der Waals surface area (Å²) in [5, 5.41) is 0.528. The molecule has 1 aliphatic heterocycles. The molecular formula is C14H14ClF3OS. The lowest BCUT2D eigenvalue weighted by Crippen LogP contribution is -2.49. The lowest BCUT2D eigenvalue weighted by molar-refractivity contribution is -0.230. The van der Waals surface area contributed by atoms with Gasteiger partial charge >= 0.3 is 6.18 Å². The van der Waals surface area contributed by atoms with E-state index in [1.807, 2.05) is 6.92 Å². The summed E-state index contributed by atoms with van der Waals surface area (Å²) < 4.78 is 44.9. The lowest BCUT2D eigenvalue weighted by Gasteiger charge is -2.35. The Bertz CT molecular complexity index is 542. The van der Waals surface area contributed by atoms with E-state index in [1.54, 1.807) is 12.1 Å². The van der Waals surface area contributed by atoms with Crippen LogP contribution in [-0.4, -0.2) is 17.5 Å². The molecule has 0 radical (unpaired) electrons. The molecule has 0 bridgehead atoms. The van der Waals surface area contributed by atoms with Gasteiger partial charge in [-0.3, -0.25) is 0 Å². The predicted octanol–water partition coefficient (Wildman–Crippen LogP) is 5.57. The van der Waals surface area contributed by atoms with Gasteiger partial charge in [0.2, 0.25) is 5.60 Å². The van der Waals surface area contributed by atoms with Crippen molar-refractivity contribution in [3.63, 3.8) is 0 Å². The molecule has 1 atom stereocenters. The Morgan fingerprint density at radius 3 is 2.55 bits per heavy atom. The second-order valence-electron chi connectivity index (χ2n) is 4.43. The predicted molar refractivity (Wildman–Crippen MR) is 76.6 cm³/mol. The van der Waals surface area contributed by atoms with Crippen molar-refractivity contribution in [2.75, 3.05) is 5.75 Å². The fourth-order valence-corrected chi connectivity index (χ4v) is 3.07. The Kier molecular flexibility index (Phi) is 4.30. The van der Waals surface area contributed by atoms with Gasteiger partial charge in [-0.2, -0.15) is 13.2 Å². The molecule has 1 aromatic rings. The van der Waals surface area contributed by atoms with Crippen LogP contribution in [-0.2, 0) is 0 Å². The summed E-state index contributed by atoms with van der Waals surface area (Å²) in [7, 11) is 0.